The number of nitrogens with one attached hydrogen (secondary N) is 4. The Bertz CT molecular complexity index is 4100. The molecule has 0 spiro atoms. The third-order valence-electron chi connectivity index (χ3n) is 12.9. The lowest BCUT2D eigenvalue weighted by molar-refractivity contribution is -0.118. The van der Waals surface area contributed by atoms with Crippen LogP contribution in [0.25, 0.3) is 33.8 Å². The van der Waals surface area contributed by atoms with Crippen LogP contribution in [0.2, 0.25) is 0 Å². The van der Waals surface area contributed by atoms with E-state index < -0.39 is 47.6 Å². The number of benzene rings is 6. The summed E-state index contributed by atoms with van der Waals surface area (Å²) in [5, 5.41) is 19.7. The molecule has 4 aromatic heterocycles. The van der Waals surface area contributed by atoms with Crippen LogP contribution in [0.5, 0.6) is 11.8 Å². The molecule has 81 heavy (non-hydrogen) atoms. The number of imidazole rings is 2. The molecule has 0 unspecified atom stereocenters. The Morgan fingerprint density at radius 2 is 1.01 bits per heavy atom. The summed E-state index contributed by atoms with van der Waals surface area (Å²) in [5.41, 5.74) is 5.85. The second-order valence-corrected chi connectivity index (χ2v) is 18.0. The van der Waals surface area contributed by atoms with Crippen LogP contribution in [-0.2, 0) is 14.3 Å². The second kappa shape index (κ2) is 23.0. The largest absolute Gasteiger partial charge is 0.480 e. The predicted octanol–water partition coefficient (Wildman–Crippen LogP) is 8.20. The minimum Gasteiger partial charge on any atom is -0.480 e. The lowest BCUT2D eigenvalue weighted by atomic mass is 10.0. The van der Waals surface area contributed by atoms with Crippen molar-refractivity contribution in [3.05, 3.63) is 227 Å². The third kappa shape index (κ3) is 10.8. The fraction of sp³-hybridized carbons (Fsp3) is 0.100. The van der Waals surface area contributed by atoms with Crippen molar-refractivity contribution in [3.63, 3.8) is 0 Å². The van der Waals surface area contributed by atoms with Gasteiger partial charge in [-0.05, 0) is 36.4 Å². The molecule has 2 aliphatic heterocycles. The summed E-state index contributed by atoms with van der Waals surface area (Å²) in [7, 11) is 3.03. The van der Waals surface area contributed by atoms with Crippen molar-refractivity contribution >= 4 is 57.7 Å². The fourth-order valence-electron chi connectivity index (χ4n) is 9.08. The van der Waals surface area contributed by atoms with Gasteiger partial charge in [-0.15, -0.1) is 10.2 Å². The van der Waals surface area contributed by atoms with Gasteiger partial charge in [-0.25, -0.2) is 37.8 Å². The number of rotatable bonds is 13. The average molecular weight is 1090 g/mol. The molecule has 2 atom stereocenters. The first kappa shape index (κ1) is 52.3. The van der Waals surface area contributed by atoms with Crippen molar-refractivity contribution in [3.8, 4) is 34.3 Å². The Kier molecular flexibility index (Phi) is 14.9. The quantitative estimate of drug-likeness (QED) is 0.0805. The maximum atomic E-state index is 15.0. The zero-order valence-electron chi connectivity index (χ0n) is 43.1. The van der Waals surface area contributed by atoms with Gasteiger partial charge < -0.3 is 35.5 Å². The molecule has 0 saturated carbocycles. The zero-order chi connectivity index (χ0) is 56.0. The summed E-state index contributed by atoms with van der Waals surface area (Å²) in [6, 6.07) is 51.9. The van der Waals surface area contributed by atoms with E-state index in [1.54, 1.807) is 60.7 Å². The minimum absolute atomic E-state index is 0.00670. The summed E-state index contributed by atoms with van der Waals surface area (Å²) in [4.78, 5) is 72.9. The monoisotopic (exact) mass is 1080 g/mol. The van der Waals surface area contributed by atoms with Gasteiger partial charge in [-0.3, -0.25) is 19.2 Å². The van der Waals surface area contributed by atoms with Gasteiger partial charge in [0.15, 0.2) is 22.7 Å². The van der Waals surface area contributed by atoms with Gasteiger partial charge in [-0.1, -0.05) is 133 Å². The third-order valence-corrected chi connectivity index (χ3v) is 12.9. The molecule has 4 N–H and O–H groups in total. The van der Waals surface area contributed by atoms with Gasteiger partial charge in [0.1, 0.15) is 29.6 Å². The van der Waals surface area contributed by atoms with Crippen LogP contribution in [-0.4, -0.2) is 104 Å². The molecule has 12 rings (SSSR count). The van der Waals surface area contributed by atoms with Gasteiger partial charge >= 0.3 is 0 Å². The molecular formula is C60H46F2N12O7. The summed E-state index contributed by atoms with van der Waals surface area (Å²) >= 11 is 0. The van der Waals surface area contributed by atoms with Crippen LogP contribution >= 0.6 is 0 Å². The van der Waals surface area contributed by atoms with Crippen LogP contribution in [0.15, 0.2) is 192 Å². The Hall–Kier alpha value is -10.8. The molecule has 402 valence electrons. The number of benzodiazepines with no additional fused rings is 2. The summed E-state index contributed by atoms with van der Waals surface area (Å²) in [6.07, 6.45) is -2.69. The van der Waals surface area contributed by atoms with E-state index in [-0.39, 0.29) is 52.2 Å². The number of halogens is 2. The number of carbonyl (C=O) groups is 4. The first-order valence-electron chi connectivity index (χ1n) is 25.2. The Morgan fingerprint density at radius 3 is 1.63 bits per heavy atom. The number of nitrogens with zero attached hydrogens (tertiary/aromatic N) is 8. The number of hydrogen-bond donors (Lipinski definition) is 4. The average Bonchev–Trinajstić information content (AvgIpc) is 3.99. The number of para-hydroxylation sites is 2. The maximum absolute atomic E-state index is 15.0. The van der Waals surface area contributed by atoms with Crippen molar-refractivity contribution in [1.29, 1.82) is 0 Å². The number of aliphatic imine (C=N–C) groups is 2. The van der Waals surface area contributed by atoms with Crippen LogP contribution in [0.4, 0.5) is 20.2 Å². The minimum atomic E-state index is -1.49. The van der Waals surface area contributed by atoms with Crippen molar-refractivity contribution in [2.45, 2.75) is 12.3 Å². The van der Waals surface area contributed by atoms with Gasteiger partial charge in [-0.2, -0.15) is 0 Å². The number of methoxy groups -OCH3 is 2. The normalized spacial score (nSPS) is 14.6. The summed E-state index contributed by atoms with van der Waals surface area (Å²) in [5.74, 6) is -3.40. The number of ether oxygens (including phenoxy) is 3. The lowest BCUT2D eigenvalue weighted by Crippen LogP contribution is -2.43. The van der Waals surface area contributed by atoms with E-state index in [0.29, 0.717) is 46.4 Å². The lowest BCUT2D eigenvalue weighted by Gasteiger charge is -2.14. The Balaban J connectivity index is 0.000000172. The van der Waals surface area contributed by atoms with Gasteiger partial charge in [0.25, 0.3) is 23.6 Å². The molecule has 0 aliphatic carbocycles. The number of amides is 4. The van der Waals surface area contributed by atoms with Crippen LogP contribution in [0, 0.1) is 11.6 Å². The zero-order valence-corrected chi connectivity index (χ0v) is 43.1. The fourth-order valence-corrected chi connectivity index (χ4v) is 9.08. The topological polar surface area (TPSA) is 229 Å². The second-order valence-electron chi connectivity index (χ2n) is 18.0. The number of carbonyl (C=O) groups excluding carboxylic acids is 4. The first-order valence-corrected chi connectivity index (χ1v) is 25.2. The molecule has 0 radical (unpaired) electrons. The standard InChI is InChI=1S/C31H24F2N6O4.C29H22N6O3/c1-42-16-17-43-24-15-14-23-34-27(19-10-5-6-12-21(19)32)28(39(23)38-24)30(40)37-29-31(41)36-26-20(11-7-13-22(26)33)25(35-29)18-8-3-2-4-9-18;1-38-23-17-16-22-31-25(19-12-6-3-7-13-19)26(35(22)34-23)28(36)33-27-29(37)30-21-15-9-8-14-20(21)24(32-27)18-10-4-2-5-11-18/h2-15,29H,16-17H2,1H3,(H,36,41)(H,37,40);2-17,27H,1H3,(H,30,37)(H,33,36)/t29-;27-/m11/s1. The summed E-state index contributed by atoms with van der Waals surface area (Å²) < 4.78 is 48.4. The Morgan fingerprint density at radius 1 is 0.519 bits per heavy atom. The van der Waals surface area contributed by atoms with Crippen molar-refractivity contribution in [2.24, 2.45) is 9.98 Å². The number of fused-ring (bicyclic) bond motifs is 4. The maximum Gasteiger partial charge on any atom is 0.274 e. The molecule has 6 heterocycles. The molecule has 19 nitrogen and oxygen atoms in total. The van der Waals surface area contributed by atoms with E-state index >= 15 is 0 Å². The van der Waals surface area contributed by atoms with Crippen LogP contribution < -0.4 is 30.7 Å². The van der Waals surface area contributed by atoms with Crippen LogP contribution in [0.3, 0.4) is 0 Å². The van der Waals surface area contributed by atoms with Gasteiger partial charge in [0.2, 0.25) is 24.1 Å². The summed E-state index contributed by atoms with van der Waals surface area (Å²) in [6.45, 7) is 0.501. The van der Waals surface area contributed by atoms with Gasteiger partial charge in [0.05, 0.1) is 36.5 Å². The molecule has 2 aliphatic rings. The first-order chi connectivity index (χ1) is 39.6. The van der Waals surface area contributed by atoms with Crippen molar-refractivity contribution < 1.29 is 42.2 Å². The molecule has 21 heteroatoms. The molecule has 0 bridgehead atoms. The highest BCUT2D eigenvalue weighted by Gasteiger charge is 2.33. The highest BCUT2D eigenvalue weighted by atomic mass is 19.1. The van der Waals surface area contributed by atoms with Crippen molar-refractivity contribution in [2.75, 3.05) is 38.1 Å². The number of anilines is 2. The SMILES string of the molecule is COCCOc1ccc2nc(-c3ccccc3F)c(C(=O)N[C@H]3N=C(c4ccccc4)c4cccc(F)c4NC3=O)n2n1.COc1ccc2nc(-c3ccccc3)c(C(=O)N[C@H]3N=C(c4ccccc4)c4ccccc4NC3=O)n2n1. The molecule has 0 fully saturated rings. The smallest absolute Gasteiger partial charge is 0.274 e. The van der Waals surface area contributed by atoms with Crippen molar-refractivity contribution in [1.82, 2.24) is 39.8 Å². The van der Waals surface area contributed by atoms with E-state index in [1.807, 2.05) is 91.0 Å². The van der Waals surface area contributed by atoms with E-state index in [2.05, 4.69) is 46.4 Å². The molecule has 4 amide bonds. The molecular weight excluding hydrogens is 1040 g/mol. The van der Waals surface area contributed by atoms with E-state index in [4.69, 9.17) is 19.2 Å². The molecule has 10 aromatic rings. The molecule has 6 aromatic carbocycles. The highest BCUT2D eigenvalue weighted by molar-refractivity contribution is 6.21. The highest BCUT2D eigenvalue weighted by Crippen LogP contribution is 2.31. The van der Waals surface area contributed by atoms with Crippen LogP contribution in [0.1, 0.15) is 43.2 Å². The molecule has 0 saturated heterocycles. The number of aromatic nitrogens is 6. The van der Waals surface area contributed by atoms with E-state index in [9.17, 15) is 28.0 Å². The number of hydrogen-bond acceptors (Lipinski definition) is 13. The van der Waals surface area contributed by atoms with E-state index in [1.165, 1.54) is 53.6 Å². The van der Waals surface area contributed by atoms with E-state index in [0.717, 1.165) is 16.7 Å². The Labute approximate surface area is 460 Å². The van der Waals surface area contributed by atoms with Gasteiger partial charge in [0, 0.05) is 52.6 Å². The predicted molar refractivity (Wildman–Crippen MR) is 297 cm³/mol.